The Bertz CT molecular complexity index is 1190. The van der Waals surface area contributed by atoms with Gasteiger partial charge in [-0.1, -0.05) is 12.1 Å². The van der Waals surface area contributed by atoms with Gasteiger partial charge in [-0.25, -0.2) is 4.98 Å². The first-order chi connectivity index (χ1) is 15.9. The zero-order valence-electron chi connectivity index (χ0n) is 20.0. The summed E-state index contributed by atoms with van der Waals surface area (Å²) in [4.78, 5) is 37.3. The number of aryl methyl sites for hydroxylation is 2. The molecule has 176 valence electrons. The molecule has 1 aliphatic rings. The molecule has 0 spiro atoms. The molecule has 4 rings (SSSR count). The SMILES string of the molecule is CCN(CC)c1nc2ccsc2c(=O)n1CCC(=O)N1CCN(c2cc(C)ccc2C)CC1. The minimum Gasteiger partial charge on any atom is -0.368 e. The van der Waals surface area contributed by atoms with Gasteiger partial charge in [-0.3, -0.25) is 14.2 Å². The third-order valence-corrected chi connectivity index (χ3v) is 7.37. The van der Waals surface area contributed by atoms with Crippen molar-refractivity contribution in [3.63, 3.8) is 0 Å². The largest absolute Gasteiger partial charge is 0.368 e. The number of benzene rings is 1. The number of anilines is 2. The Morgan fingerprint density at radius 1 is 1.09 bits per heavy atom. The average molecular weight is 468 g/mol. The summed E-state index contributed by atoms with van der Waals surface area (Å²) < 4.78 is 2.34. The monoisotopic (exact) mass is 467 g/mol. The number of carbonyl (C=O) groups is 1. The Kier molecular flexibility index (Phi) is 7.02. The van der Waals surface area contributed by atoms with Crippen LogP contribution in [0.15, 0.2) is 34.4 Å². The lowest BCUT2D eigenvalue weighted by Gasteiger charge is -2.37. The third-order valence-electron chi connectivity index (χ3n) is 6.48. The highest BCUT2D eigenvalue weighted by Crippen LogP contribution is 2.23. The maximum atomic E-state index is 13.2. The van der Waals surface area contributed by atoms with E-state index < -0.39 is 0 Å². The molecular formula is C25H33N5O2S. The summed E-state index contributed by atoms with van der Waals surface area (Å²) in [5.74, 6) is 0.753. The number of hydrogen-bond acceptors (Lipinski definition) is 6. The fraction of sp³-hybridized carbons (Fsp3) is 0.480. The maximum Gasteiger partial charge on any atom is 0.272 e. The number of rotatable bonds is 7. The van der Waals surface area contributed by atoms with Crippen LogP contribution >= 0.6 is 11.3 Å². The first kappa shape index (κ1) is 23.3. The number of carbonyl (C=O) groups excluding carboxylic acids is 1. The molecule has 3 aromatic rings. The number of fused-ring (bicyclic) bond motifs is 1. The van der Waals surface area contributed by atoms with Gasteiger partial charge in [0, 0.05) is 57.9 Å². The summed E-state index contributed by atoms with van der Waals surface area (Å²) in [7, 11) is 0. The molecule has 8 heteroatoms. The summed E-state index contributed by atoms with van der Waals surface area (Å²) in [6, 6.07) is 8.41. The lowest BCUT2D eigenvalue weighted by atomic mass is 10.1. The van der Waals surface area contributed by atoms with Crippen molar-refractivity contribution in [2.75, 3.05) is 49.1 Å². The predicted octanol–water partition coefficient (Wildman–Crippen LogP) is 3.66. The highest BCUT2D eigenvalue weighted by Gasteiger charge is 2.23. The zero-order valence-corrected chi connectivity index (χ0v) is 20.8. The third kappa shape index (κ3) is 4.76. The summed E-state index contributed by atoms with van der Waals surface area (Å²) in [5, 5.41) is 1.90. The lowest BCUT2D eigenvalue weighted by Crippen LogP contribution is -2.49. The number of thiophene rings is 1. The minimum atomic E-state index is -0.0514. The number of amides is 1. The second-order valence-electron chi connectivity index (χ2n) is 8.58. The van der Waals surface area contributed by atoms with E-state index in [-0.39, 0.29) is 11.5 Å². The van der Waals surface area contributed by atoms with Crippen LogP contribution in [0.2, 0.25) is 0 Å². The molecule has 1 saturated heterocycles. The van der Waals surface area contributed by atoms with E-state index in [1.54, 1.807) is 4.57 Å². The summed E-state index contributed by atoms with van der Waals surface area (Å²) in [6.07, 6.45) is 0.302. The predicted molar refractivity (Wildman–Crippen MR) is 137 cm³/mol. The van der Waals surface area contributed by atoms with Crippen LogP contribution in [0.1, 0.15) is 31.4 Å². The Labute approximate surface area is 199 Å². The van der Waals surface area contributed by atoms with Gasteiger partial charge in [0.15, 0.2) is 0 Å². The van der Waals surface area contributed by atoms with Gasteiger partial charge < -0.3 is 14.7 Å². The van der Waals surface area contributed by atoms with Crippen molar-refractivity contribution in [1.29, 1.82) is 0 Å². The van der Waals surface area contributed by atoms with Crippen molar-refractivity contribution in [2.45, 2.75) is 40.7 Å². The molecule has 1 aromatic carbocycles. The van der Waals surface area contributed by atoms with Gasteiger partial charge in [-0.2, -0.15) is 0 Å². The van der Waals surface area contributed by atoms with Crippen LogP contribution in [-0.2, 0) is 11.3 Å². The van der Waals surface area contributed by atoms with Gasteiger partial charge in [0.2, 0.25) is 11.9 Å². The van der Waals surface area contributed by atoms with Crippen molar-refractivity contribution >= 4 is 39.1 Å². The lowest BCUT2D eigenvalue weighted by molar-refractivity contribution is -0.131. The van der Waals surface area contributed by atoms with Crippen molar-refractivity contribution in [3.8, 4) is 0 Å². The minimum absolute atomic E-state index is 0.0514. The summed E-state index contributed by atoms with van der Waals surface area (Å²) in [6.45, 7) is 13.3. The normalized spacial score (nSPS) is 14.2. The molecule has 1 aliphatic heterocycles. The Morgan fingerprint density at radius 2 is 1.82 bits per heavy atom. The standard InChI is InChI=1S/C25H33N5O2S/c1-5-27(6-2)25-26-20-10-16-33-23(20)24(32)30(25)11-9-22(31)29-14-12-28(13-15-29)21-17-18(3)7-8-19(21)4/h7-8,10,16-17H,5-6,9,11-15H2,1-4H3. The van der Waals surface area contributed by atoms with Gasteiger partial charge in [-0.15, -0.1) is 11.3 Å². The summed E-state index contributed by atoms with van der Waals surface area (Å²) in [5.41, 5.74) is 4.45. The van der Waals surface area contributed by atoms with E-state index in [0.29, 0.717) is 36.7 Å². The number of nitrogens with zero attached hydrogens (tertiary/aromatic N) is 5. The molecule has 0 radical (unpaired) electrons. The molecule has 0 N–H and O–H groups in total. The molecule has 0 unspecified atom stereocenters. The molecule has 7 nitrogen and oxygen atoms in total. The van der Waals surface area contributed by atoms with E-state index in [2.05, 4.69) is 55.7 Å². The fourth-order valence-electron chi connectivity index (χ4n) is 4.50. The molecule has 0 aliphatic carbocycles. The first-order valence-corrected chi connectivity index (χ1v) is 12.6. The van der Waals surface area contributed by atoms with Gasteiger partial charge in [0.1, 0.15) is 4.70 Å². The van der Waals surface area contributed by atoms with Crippen LogP contribution in [-0.4, -0.2) is 59.6 Å². The van der Waals surface area contributed by atoms with Crippen LogP contribution in [0.25, 0.3) is 10.2 Å². The Morgan fingerprint density at radius 3 is 2.52 bits per heavy atom. The first-order valence-electron chi connectivity index (χ1n) is 11.8. The molecule has 0 atom stereocenters. The van der Waals surface area contributed by atoms with E-state index in [4.69, 9.17) is 4.98 Å². The van der Waals surface area contributed by atoms with E-state index >= 15 is 0 Å². The highest BCUT2D eigenvalue weighted by molar-refractivity contribution is 7.17. The molecular weight excluding hydrogens is 434 g/mol. The second kappa shape index (κ2) is 9.95. The van der Waals surface area contributed by atoms with Gasteiger partial charge in [-0.05, 0) is 56.3 Å². The van der Waals surface area contributed by atoms with Crippen molar-refractivity contribution in [2.24, 2.45) is 0 Å². The molecule has 1 amide bonds. The molecule has 2 aromatic heterocycles. The topological polar surface area (TPSA) is 61.7 Å². The van der Waals surface area contributed by atoms with Crippen LogP contribution in [0.4, 0.5) is 11.6 Å². The second-order valence-corrected chi connectivity index (χ2v) is 9.50. The fourth-order valence-corrected chi connectivity index (χ4v) is 5.28. The van der Waals surface area contributed by atoms with Crippen molar-refractivity contribution < 1.29 is 4.79 Å². The van der Waals surface area contributed by atoms with E-state index in [1.807, 2.05) is 16.3 Å². The smallest absolute Gasteiger partial charge is 0.272 e. The average Bonchev–Trinajstić information content (AvgIpc) is 3.30. The highest BCUT2D eigenvalue weighted by atomic mass is 32.1. The van der Waals surface area contributed by atoms with Gasteiger partial charge in [0.25, 0.3) is 5.56 Å². The molecule has 3 heterocycles. The Hall–Kier alpha value is -2.87. The maximum absolute atomic E-state index is 13.2. The van der Waals surface area contributed by atoms with Gasteiger partial charge in [0.05, 0.1) is 5.52 Å². The van der Waals surface area contributed by atoms with Crippen molar-refractivity contribution in [1.82, 2.24) is 14.5 Å². The Balaban J connectivity index is 1.45. The number of hydrogen-bond donors (Lipinski definition) is 0. The zero-order chi connectivity index (χ0) is 23.5. The quantitative estimate of drug-likeness (QED) is 0.531. The van der Waals surface area contributed by atoms with Crippen LogP contribution in [0, 0.1) is 13.8 Å². The van der Waals surface area contributed by atoms with Crippen LogP contribution in [0.5, 0.6) is 0 Å². The van der Waals surface area contributed by atoms with E-state index in [9.17, 15) is 9.59 Å². The molecule has 0 saturated carbocycles. The number of aromatic nitrogens is 2. The van der Waals surface area contributed by atoms with Crippen LogP contribution < -0.4 is 15.4 Å². The molecule has 1 fully saturated rings. The number of piperazine rings is 1. The molecule has 33 heavy (non-hydrogen) atoms. The van der Waals surface area contributed by atoms with Crippen molar-refractivity contribution in [3.05, 3.63) is 51.1 Å². The van der Waals surface area contributed by atoms with Gasteiger partial charge >= 0.3 is 0 Å². The van der Waals surface area contributed by atoms with Crippen LogP contribution in [0.3, 0.4) is 0 Å². The van der Waals surface area contributed by atoms with E-state index in [1.165, 1.54) is 28.2 Å². The van der Waals surface area contributed by atoms with E-state index in [0.717, 1.165) is 31.7 Å². The summed E-state index contributed by atoms with van der Waals surface area (Å²) >= 11 is 1.41. The molecule has 0 bridgehead atoms.